The third-order valence-electron chi connectivity index (χ3n) is 4.21. The molecule has 0 saturated carbocycles. The number of hydrogen-bond donors (Lipinski definition) is 3. The fourth-order valence-corrected chi connectivity index (χ4v) is 2.97. The zero-order chi connectivity index (χ0) is 14.3. The van der Waals surface area contributed by atoms with Crippen LogP contribution in [-0.4, -0.2) is 5.11 Å². The van der Waals surface area contributed by atoms with Crippen molar-refractivity contribution in [2.24, 2.45) is 0 Å². The quantitative estimate of drug-likeness (QED) is 0.728. The van der Waals surface area contributed by atoms with Crippen molar-refractivity contribution in [2.45, 2.75) is 32.7 Å². The Bertz CT molecular complexity index is 664. The van der Waals surface area contributed by atoms with Crippen molar-refractivity contribution in [3.8, 4) is 5.75 Å². The molecule has 2 aromatic rings. The summed E-state index contributed by atoms with van der Waals surface area (Å²) in [5.41, 5.74) is 12.1. The van der Waals surface area contributed by atoms with Crippen LogP contribution in [0, 0.1) is 13.8 Å². The van der Waals surface area contributed by atoms with E-state index in [9.17, 15) is 5.11 Å². The van der Waals surface area contributed by atoms with Gasteiger partial charge in [-0.3, -0.25) is 0 Å². The Kier molecular flexibility index (Phi) is 3.05. The summed E-state index contributed by atoms with van der Waals surface area (Å²) in [7, 11) is 0. The molecule has 104 valence electrons. The van der Waals surface area contributed by atoms with E-state index in [4.69, 9.17) is 5.73 Å². The molecule has 0 heterocycles. The maximum atomic E-state index is 10.0. The molecule has 0 bridgehead atoms. The molecule has 0 aliphatic heterocycles. The first-order chi connectivity index (χ1) is 9.56. The van der Waals surface area contributed by atoms with Crippen LogP contribution in [0.15, 0.2) is 30.3 Å². The van der Waals surface area contributed by atoms with Crippen LogP contribution >= 0.6 is 0 Å². The number of fused-ring (bicyclic) bond motifs is 1. The molecule has 1 aliphatic carbocycles. The predicted molar refractivity (Wildman–Crippen MR) is 83.1 cm³/mol. The highest BCUT2D eigenvalue weighted by molar-refractivity contribution is 5.61. The van der Waals surface area contributed by atoms with Crippen molar-refractivity contribution in [3.05, 3.63) is 52.6 Å². The normalized spacial score (nSPS) is 17.0. The third kappa shape index (κ3) is 2.09. The second kappa shape index (κ2) is 4.75. The first-order valence-corrected chi connectivity index (χ1v) is 7.00. The van der Waals surface area contributed by atoms with E-state index in [0.29, 0.717) is 11.8 Å². The number of phenols is 1. The van der Waals surface area contributed by atoms with Crippen LogP contribution in [0.1, 0.15) is 34.7 Å². The smallest absolute Gasteiger partial charge is 0.123 e. The van der Waals surface area contributed by atoms with Gasteiger partial charge in [-0.2, -0.15) is 0 Å². The molecule has 0 radical (unpaired) electrons. The van der Waals surface area contributed by atoms with E-state index >= 15 is 0 Å². The number of nitrogens with two attached hydrogens (primary N) is 1. The van der Waals surface area contributed by atoms with Gasteiger partial charge in [-0.25, -0.2) is 0 Å². The lowest BCUT2D eigenvalue weighted by Gasteiger charge is -2.18. The average Bonchev–Trinajstić information content (AvgIpc) is 2.82. The van der Waals surface area contributed by atoms with Gasteiger partial charge in [-0.05, 0) is 61.6 Å². The zero-order valence-corrected chi connectivity index (χ0v) is 11.9. The van der Waals surface area contributed by atoms with E-state index in [2.05, 4.69) is 17.4 Å². The maximum Gasteiger partial charge on any atom is 0.123 e. The molecule has 3 heteroatoms. The summed E-state index contributed by atoms with van der Waals surface area (Å²) in [5, 5.41) is 13.6. The Morgan fingerprint density at radius 2 is 2.00 bits per heavy atom. The van der Waals surface area contributed by atoms with Gasteiger partial charge in [-0.15, -0.1) is 0 Å². The van der Waals surface area contributed by atoms with Crippen molar-refractivity contribution in [1.82, 2.24) is 0 Å². The molecule has 0 amide bonds. The average molecular weight is 268 g/mol. The molecule has 0 saturated heterocycles. The molecule has 0 spiro atoms. The number of anilines is 2. The number of rotatable bonds is 2. The lowest BCUT2D eigenvalue weighted by atomic mass is 10.0. The van der Waals surface area contributed by atoms with Gasteiger partial charge in [0.05, 0.1) is 6.04 Å². The van der Waals surface area contributed by atoms with Gasteiger partial charge in [0.2, 0.25) is 0 Å². The van der Waals surface area contributed by atoms with Crippen LogP contribution in [0.25, 0.3) is 0 Å². The van der Waals surface area contributed by atoms with Gasteiger partial charge in [0.25, 0.3) is 0 Å². The SMILES string of the molecule is Cc1ccc(NC2CCc3cc(N)ccc32)c(C)c1O. The number of aryl methyl sites for hydroxylation is 2. The Balaban J connectivity index is 1.90. The second-order valence-electron chi connectivity index (χ2n) is 5.60. The summed E-state index contributed by atoms with van der Waals surface area (Å²) >= 11 is 0. The van der Waals surface area contributed by atoms with Crippen molar-refractivity contribution in [2.75, 3.05) is 11.1 Å². The summed E-state index contributed by atoms with van der Waals surface area (Å²) in [6.45, 7) is 3.86. The molecule has 1 aliphatic rings. The Morgan fingerprint density at radius 3 is 2.80 bits per heavy atom. The maximum absolute atomic E-state index is 10.0. The predicted octanol–water partition coefficient (Wildman–Crippen LogP) is 3.69. The van der Waals surface area contributed by atoms with Gasteiger partial charge in [-0.1, -0.05) is 12.1 Å². The summed E-state index contributed by atoms with van der Waals surface area (Å²) in [5.74, 6) is 0.380. The van der Waals surface area contributed by atoms with Crippen LogP contribution < -0.4 is 11.1 Å². The lowest BCUT2D eigenvalue weighted by Crippen LogP contribution is -2.08. The van der Waals surface area contributed by atoms with E-state index in [1.807, 2.05) is 32.0 Å². The van der Waals surface area contributed by atoms with Crippen LogP contribution in [-0.2, 0) is 6.42 Å². The minimum Gasteiger partial charge on any atom is -0.507 e. The third-order valence-corrected chi connectivity index (χ3v) is 4.21. The summed E-state index contributed by atoms with van der Waals surface area (Å²) in [4.78, 5) is 0. The number of hydrogen-bond acceptors (Lipinski definition) is 3. The molecule has 3 nitrogen and oxygen atoms in total. The van der Waals surface area contributed by atoms with Crippen molar-refractivity contribution in [1.29, 1.82) is 0 Å². The van der Waals surface area contributed by atoms with E-state index in [1.165, 1.54) is 11.1 Å². The van der Waals surface area contributed by atoms with Gasteiger partial charge in [0.1, 0.15) is 5.75 Å². The topological polar surface area (TPSA) is 58.3 Å². The highest BCUT2D eigenvalue weighted by atomic mass is 16.3. The summed E-state index contributed by atoms with van der Waals surface area (Å²) < 4.78 is 0. The largest absolute Gasteiger partial charge is 0.507 e. The van der Waals surface area contributed by atoms with Crippen LogP contribution in [0.3, 0.4) is 0 Å². The van der Waals surface area contributed by atoms with E-state index in [-0.39, 0.29) is 0 Å². The van der Waals surface area contributed by atoms with Gasteiger partial charge in [0, 0.05) is 16.9 Å². The molecule has 3 rings (SSSR count). The zero-order valence-electron chi connectivity index (χ0n) is 11.9. The second-order valence-corrected chi connectivity index (χ2v) is 5.60. The van der Waals surface area contributed by atoms with Crippen molar-refractivity contribution >= 4 is 11.4 Å². The fourth-order valence-electron chi connectivity index (χ4n) is 2.97. The summed E-state index contributed by atoms with van der Waals surface area (Å²) in [6.07, 6.45) is 2.11. The number of nitrogen functional groups attached to an aromatic ring is 1. The number of aromatic hydroxyl groups is 1. The Labute approximate surface area is 119 Å². The fraction of sp³-hybridized carbons (Fsp3) is 0.294. The van der Waals surface area contributed by atoms with Crippen molar-refractivity contribution in [3.63, 3.8) is 0 Å². The standard InChI is InChI=1S/C17H20N2O/c1-10-3-7-15(11(2)17(10)20)19-16-8-4-12-9-13(18)5-6-14(12)16/h3,5-7,9,16,19-20H,4,8,18H2,1-2H3. The Morgan fingerprint density at radius 1 is 1.20 bits per heavy atom. The lowest BCUT2D eigenvalue weighted by molar-refractivity contribution is 0.467. The monoisotopic (exact) mass is 268 g/mol. The molecule has 4 N–H and O–H groups in total. The van der Waals surface area contributed by atoms with Gasteiger partial charge in [0.15, 0.2) is 0 Å². The molecule has 1 atom stereocenters. The van der Waals surface area contributed by atoms with Crippen LogP contribution in [0.2, 0.25) is 0 Å². The first kappa shape index (κ1) is 12.9. The molecule has 1 unspecified atom stereocenters. The molecular formula is C17H20N2O. The number of benzene rings is 2. The molecule has 20 heavy (non-hydrogen) atoms. The van der Waals surface area contributed by atoms with Gasteiger partial charge >= 0.3 is 0 Å². The van der Waals surface area contributed by atoms with E-state index < -0.39 is 0 Å². The first-order valence-electron chi connectivity index (χ1n) is 7.00. The minimum absolute atomic E-state index is 0.298. The van der Waals surface area contributed by atoms with Crippen LogP contribution in [0.5, 0.6) is 5.75 Å². The molecule has 0 aromatic heterocycles. The highest BCUT2D eigenvalue weighted by Crippen LogP contribution is 2.37. The van der Waals surface area contributed by atoms with Crippen molar-refractivity contribution < 1.29 is 5.11 Å². The number of nitrogens with one attached hydrogen (secondary N) is 1. The number of phenolic OH excluding ortho intramolecular Hbond substituents is 1. The molecule has 2 aromatic carbocycles. The summed E-state index contributed by atoms with van der Waals surface area (Å²) in [6, 6.07) is 10.4. The van der Waals surface area contributed by atoms with E-state index in [1.54, 1.807) is 0 Å². The molecule has 0 fully saturated rings. The highest BCUT2D eigenvalue weighted by Gasteiger charge is 2.23. The van der Waals surface area contributed by atoms with E-state index in [0.717, 1.165) is 35.3 Å². The van der Waals surface area contributed by atoms with Crippen LogP contribution in [0.4, 0.5) is 11.4 Å². The van der Waals surface area contributed by atoms with Gasteiger partial charge < -0.3 is 16.2 Å². The minimum atomic E-state index is 0.298. The Hall–Kier alpha value is -2.16. The molecular weight excluding hydrogens is 248 g/mol.